The maximum absolute atomic E-state index is 12.8. The van der Waals surface area contributed by atoms with Crippen molar-refractivity contribution in [1.82, 2.24) is 5.32 Å². The van der Waals surface area contributed by atoms with Crippen LogP contribution in [0.2, 0.25) is 0 Å². The summed E-state index contributed by atoms with van der Waals surface area (Å²) < 4.78 is 23.1. The Morgan fingerprint density at radius 3 is 2.44 bits per heavy atom. The molecule has 7 nitrogen and oxygen atoms in total. The standard InChI is InChI=1S/C19H19FN2O5/c1-12(19(25)22-10-13-6-8-14(20)9-7-13)27-17(23)11-26-16-5-3-2-4-15(16)18(21)24/h2-9,12H,10-11H2,1H3,(H2,21,24)(H,22,25)/t12-/m0/s1. The predicted molar refractivity (Wildman–Crippen MR) is 94.3 cm³/mol. The molecule has 8 heteroatoms. The number of nitrogens with two attached hydrogens (primary N) is 1. The number of carbonyl (C=O) groups excluding carboxylic acids is 3. The normalized spacial score (nSPS) is 11.3. The van der Waals surface area contributed by atoms with Crippen LogP contribution in [0.5, 0.6) is 5.75 Å². The smallest absolute Gasteiger partial charge is 0.344 e. The average molecular weight is 374 g/mol. The van der Waals surface area contributed by atoms with Gasteiger partial charge in [-0.15, -0.1) is 0 Å². The Bertz CT molecular complexity index is 823. The molecule has 0 bridgehead atoms. The molecular formula is C19H19FN2O5. The molecule has 0 saturated heterocycles. The van der Waals surface area contributed by atoms with Crippen LogP contribution in [0.1, 0.15) is 22.8 Å². The molecule has 0 saturated carbocycles. The summed E-state index contributed by atoms with van der Waals surface area (Å²) in [6.07, 6.45) is -1.05. The van der Waals surface area contributed by atoms with Gasteiger partial charge >= 0.3 is 5.97 Å². The van der Waals surface area contributed by atoms with Crippen LogP contribution in [-0.4, -0.2) is 30.5 Å². The quantitative estimate of drug-likeness (QED) is 0.682. The van der Waals surface area contributed by atoms with Gasteiger partial charge in [0.25, 0.3) is 11.8 Å². The monoisotopic (exact) mass is 374 g/mol. The maximum Gasteiger partial charge on any atom is 0.344 e. The number of rotatable bonds is 8. The maximum atomic E-state index is 12.8. The van der Waals surface area contributed by atoms with E-state index in [9.17, 15) is 18.8 Å². The molecule has 0 spiro atoms. The third-order valence-electron chi connectivity index (χ3n) is 3.56. The molecule has 0 heterocycles. The summed E-state index contributed by atoms with van der Waals surface area (Å²) in [6.45, 7) is 1.10. The summed E-state index contributed by atoms with van der Waals surface area (Å²) in [4.78, 5) is 35.1. The number of esters is 1. The lowest BCUT2D eigenvalue weighted by Gasteiger charge is -2.14. The topological polar surface area (TPSA) is 108 Å². The first-order valence-electron chi connectivity index (χ1n) is 8.10. The number of hydrogen-bond acceptors (Lipinski definition) is 5. The third kappa shape index (κ3) is 6.10. The van der Waals surface area contributed by atoms with Crippen molar-refractivity contribution in [1.29, 1.82) is 0 Å². The largest absolute Gasteiger partial charge is 0.481 e. The Morgan fingerprint density at radius 1 is 1.11 bits per heavy atom. The minimum Gasteiger partial charge on any atom is -0.481 e. The number of amides is 2. The van der Waals surface area contributed by atoms with Crippen LogP contribution in [0.25, 0.3) is 0 Å². The second-order valence-electron chi connectivity index (χ2n) is 5.63. The van der Waals surface area contributed by atoms with Crippen LogP contribution >= 0.6 is 0 Å². The van der Waals surface area contributed by atoms with Crippen molar-refractivity contribution in [2.75, 3.05) is 6.61 Å². The van der Waals surface area contributed by atoms with Crippen molar-refractivity contribution < 1.29 is 28.2 Å². The average Bonchev–Trinajstić information content (AvgIpc) is 2.65. The van der Waals surface area contributed by atoms with Crippen molar-refractivity contribution in [3.8, 4) is 5.75 Å². The molecule has 0 aliphatic carbocycles. The Labute approximate surface area is 155 Å². The number of ether oxygens (including phenoxy) is 2. The van der Waals surface area contributed by atoms with Gasteiger partial charge in [0.15, 0.2) is 12.7 Å². The Morgan fingerprint density at radius 2 is 1.78 bits per heavy atom. The van der Waals surface area contributed by atoms with Crippen LogP contribution in [0, 0.1) is 5.82 Å². The molecule has 2 rings (SSSR count). The van der Waals surface area contributed by atoms with Crippen LogP contribution in [0.3, 0.4) is 0 Å². The van der Waals surface area contributed by atoms with Gasteiger partial charge in [0.2, 0.25) is 0 Å². The molecule has 142 valence electrons. The first kappa shape index (κ1) is 19.9. The molecule has 2 aromatic rings. The van der Waals surface area contributed by atoms with Crippen molar-refractivity contribution in [3.63, 3.8) is 0 Å². The molecule has 3 N–H and O–H groups in total. The van der Waals surface area contributed by atoms with E-state index in [0.29, 0.717) is 5.56 Å². The fraction of sp³-hybridized carbons (Fsp3) is 0.211. The highest BCUT2D eigenvalue weighted by atomic mass is 19.1. The van der Waals surface area contributed by atoms with E-state index in [2.05, 4.69) is 5.32 Å². The van der Waals surface area contributed by atoms with Crippen molar-refractivity contribution in [2.45, 2.75) is 19.6 Å². The second kappa shape index (κ2) is 9.33. The van der Waals surface area contributed by atoms with Gasteiger partial charge in [-0.05, 0) is 36.8 Å². The van der Waals surface area contributed by atoms with Crippen LogP contribution in [-0.2, 0) is 20.9 Å². The zero-order valence-electron chi connectivity index (χ0n) is 14.6. The number of halogens is 1. The summed E-state index contributed by atoms with van der Waals surface area (Å²) >= 11 is 0. The number of nitrogens with one attached hydrogen (secondary N) is 1. The van der Waals surface area contributed by atoms with Crippen molar-refractivity contribution in [2.24, 2.45) is 5.73 Å². The zero-order chi connectivity index (χ0) is 19.8. The van der Waals surface area contributed by atoms with Crippen LogP contribution < -0.4 is 15.8 Å². The number of hydrogen-bond donors (Lipinski definition) is 2. The van der Waals surface area contributed by atoms with Gasteiger partial charge in [-0.25, -0.2) is 9.18 Å². The SMILES string of the molecule is C[C@H](OC(=O)COc1ccccc1C(N)=O)C(=O)NCc1ccc(F)cc1. The van der Waals surface area contributed by atoms with Gasteiger partial charge in [0.05, 0.1) is 5.56 Å². The number of para-hydroxylation sites is 1. The highest BCUT2D eigenvalue weighted by molar-refractivity contribution is 5.95. The molecule has 0 aliphatic rings. The Kier molecular flexibility index (Phi) is 6.87. The lowest BCUT2D eigenvalue weighted by molar-refractivity contribution is -0.156. The number of primary amides is 1. The number of carbonyl (C=O) groups is 3. The van der Waals surface area contributed by atoms with E-state index in [1.165, 1.54) is 43.3 Å². The predicted octanol–water partition coefficient (Wildman–Crippen LogP) is 1.55. The molecule has 0 unspecified atom stereocenters. The fourth-order valence-electron chi connectivity index (χ4n) is 2.15. The van der Waals surface area contributed by atoms with E-state index in [4.69, 9.17) is 15.2 Å². The molecular weight excluding hydrogens is 355 g/mol. The van der Waals surface area contributed by atoms with Gasteiger partial charge in [-0.3, -0.25) is 9.59 Å². The summed E-state index contributed by atoms with van der Waals surface area (Å²) in [6, 6.07) is 11.8. The first-order valence-corrected chi connectivity index (χ1v) is 8.10. The minimum atomic E-state index is -1.05. The van der Waals surface area contributed by atoms with Crippen LogP contribution in [0.15, 0.2) is 48.5 Å². The van der Waals surface area contributed by atoms with Crippen LogP contribution in [0.4, 0.5) is 4.39 Å². The lowest BCUT2D eigenvalue weighted by Crippen LogP contribution is -2.36. The fourth-order valence-corrected chi connectivity index (χ4v) is 2.15. The molecule has 0 radical (unpaired) electrons. The minimum absolute atomic E-state index is 0.135. The van der Waals surface area contributed by atoms with E-state index in [1.54, 1.807) is 12.1 Å². The number of benzene rings is 2. The molecule has 2 aromatic carbocycles. The molecule has 2 amide bonds. The van der Waals surface area contributed by atoms with E-state index in [-0.39, 0.29) is 23.7 Å². The van der Waals surface area contributed by atoms with E-state index < -0.39 is 30.5 Å². The summed E-state index contributed by atoms with van der Waals surface area (Å²) in [5.41, 5.74) is 6.06. The summed E-state index contributed by atoms with van der Waals surface area (Å²) in [5, 5.41) is 2.58. The van der Waals surface area contributed by atoms with Gasteiger partial charge in [-0.1, -0.05) is 24.3 Å². The van der Waals surface area contributed by atoms with Gasteiger partial charge in [0.1, 0.15) is 11.6 Å². The summed E-state index contributed by atoms with van der Waals surface area (Å²) in [5.74, 6) is -2.20. The lowest BCUT2D eigenvalue weighted by atomic mass is 10.2. The molecule has 0 fully saturated rings. The van der Waals surface area contributed by atoms with E-state index in [0.717, 1.165) is 0 Å². The van der Waals surface area contributed by atoms with Gasteiger partial charge in [0, 0.05) is 6.54 Å². The molecule has 0 aromatic heterocycles. The highest BCUT2D eigenvalue weighted by Crippen LogP contribution is 2.17. The van der Waals surface area contributed by atoms with Crippen molar-refractivity contribution >= 4 is 17.8 Å². The van der Waals surface area contributed by atoms with E-state index in [1.807, 2.05) is 0 Å². The summed E-state index contributed by atoms with van der Waals surface area (Å²) in [7, 11) is 0. The third-order valence-corrected chi connectivity index (χ3v) is 3.56. The molecule has 27 heavy (non-hydrogen) atoms. The van der Waals surface area contributed by atoms with E-state index >= 15 is 0 Å². The first-order chi connectivity index (χ1) is 12.9. The van der Waals surface area contributed by atoms with Crippen molar-refractivity contribution in [3.05, 3.63) is 65.5 Å². The second-order valence-corrected chi connectivity index (χ2v) is 5.63. The Hall–Kier alpha value is -3.42. The van der Waals surface area contributed by atoms with Gasteiger partial charge in [-0.2, -0.15) is 0 Å². The van der Waals surface area contributed by atoms with Gasteiger partial charge < -0.3 is 20.5 Å². The zero-order valence-corrected chi connectivity index (χ0v) is 14.6. The molecule has 0 aliphatic heterocycles. The Balaban J connectivity index is 1.80. The molecule has 1 atom stereocenters. The highest BCUT2D eigenvalue weighted by Gasteiger charge is 2.18.